The van der Waals surface area contributed by atoms with Crippen LogP contribution in [-0.4, -0.2) is 27.8 Å². The van der Waals surface area contributed by atoms with Gasteiger partial charge in [-0.1, -0.05) is 13.8 Å². The Hall–Kier alpha value is -3.36. The largest absolute Gasteiger partial charge is 0.433 e. The standard InChI is InChI=1S/C27H29F3N6OS/c1-16(37)20-5-7-26(15-31,14-25(20,2)3)23-34-13-21(38-23)18-9-17(12-32-4)10-19(11-18)35-24-33-8-6-22(36-24)27(28,29)30/h6,8-11,13,20,32H,5,7,12,14H2,1-4H3,(H,33,35,36). The molecule has 38 heavy (non-hydrogen) atoms. The molecule has 11 heteroatoms. The third kappa shape index (κ3) is 5.71. The summed E-state index contributed by atoms with van der Waals surface area (Å²) in [5, 5.41) is 16.9. The van der Waals surface area contributed by atoms with Crippen molar-refractivity contribution in [3.8, 4) is 16.5 Å². The molecule has 1 fully saturated rings. The van der Waals surface area contributed by atoms with E-state index in [2.05, 4.69) is 31.7 Å². The van der Waals surface area contributed by atoms with Crippen molar-refractivity contribution in [1.29, 1.82) is 5.26 Å². The molecule has 7 nitrogen and oxygen atoms in total. The van der Waals surface area contributed by atoms with Gasteiger partial charge in [-0.15, -0.1) is 11.3 Å². The number of rotatable bonds is 7. The van der Waals surface area contributed by atoms with Crippen molar-refractivity contribution in [2.45, 2.75) is 58.2 Å². The Balaban J connectivity index is 1.67. The van der Waals surface area contributed by atoms with Crippen molar-refractivity contribution >= 4 is 28.8 Å². The molecule has 1 saturated carbocycles. The van der Waals surface area contributed by atoms with Gasteiger partial charge in [-0.3, -0.25) is 4.79 Å². The molecule has 1 aliphatic rings. The predicted molar refractivity (Wildman–Crippen MR) is 140 cm³/mol. The van der Waals surface area contributed by atoms with Gasteiger partial charge in [0.25, 0.3) is 0 Å². The Bertz CT molecular complexity index is 1380. The van der Waals surface area contributed by atoms with Gasteiger partial charge in [-0.05, 0) is 74.0 Å². The van der Waals surface area contributed by atoms with E-state index >= 15 is 0 Å². The van der Waals surface area contributed by atoms with Crippen LogP contribution in [0, 0.1) is 22.7 Å². The highest BCUT2D eigenvalue weighted by molar-refractivity contribution is 7.15. The monoisotopic (exact) mass is 542 g/mol. The van der Waals surface area contributed by atoms with Crippen LogP contribution in [0.3, 0.4) is 0 Å². The molecule has 1 aliphatic carbocycles. The van der Waals surface area contributed by atoms with Crippen molar-refractivity contribution in [3.05, 3.63) is 52.9 Å². The van der Waals surface area contributed by atoms with Crippen LogP contribution in [0.25, 0.3) is 10.4 Å². The van der Waals surface area contributed by atoms with E-state index in [1.165, 1.54) is 11.3 Å². The third-order valence-corrected chi connectivity index (χ3v) is 8.29. The molecule has 200 valence electrons. The van der Waals surface area contributed by atoms with Gasteiger partial charge in [0.1, 0.15) is 21.9 Å². The fourth-order valence-corrected chi connectivity index (χ4v) is 6.47. The van der Waals surface area contributed by atoms with E-state index in [-0.39, 0.29) is 23.1 Å². The first kappa shape index (κ1) is 27.7. The minimum Gasteiger partial charge on any atom is -0.324 e. The number of carbonyl (C=O) groups is 1. The molecule has 4 rings (SSSR count). The number of aromatic nitrogens is 3. The summed E-state index contributed by atoms with van der Waals surface area (Å²) in [7, 11) is 1.80. The molecule has 2 aromatic heterocycles. The number of nitrogens with one attached hydrogen (secondary N) is 2. The summed E-state index contributed by atoms with van der Waals surface area (Å²) in [4.78, 5) is 25.2. The van der Waals surface area contributed by atoms with E-state index < -0.39 is 17.3 Å². The maximum Gasteiger partial charge on any atom is 0.433 e. The van der Waals surface area contributed by atoms with Crippen LogP contribution in [0.5, 0.6) is 0 Å². The molecule has 0 bridgehead atoms. The first-order valence-electron chi connectivity index (χ1n) is 12.2. The third-order valence-electron chi connectivity index (χ3n) is 7.04. The zero-order valence-electron chi connectivity index (χ0n) is 21.6. The van der Waals surface area contributed by atoms with Crippen molar-refractivity contribution in [2.24, 2.45) is 11.3 Å². The van der Waals surface area contributed by atoms with Crippen molar-refractivity contribution in [2.75, 3.05) is 12.4 Å². The maximum atomic E-state index is 13.1. The fraction of sp³-hybridized carbons (Fsp3) is 0.444. The summed E-state index contributed by atoms with van der Waals surface area (Å²) < 4.78 is 39.3. The molecule has 0 saturated heterocycles. The van der Waals surface area contributed by atoms with E-state index in [1.54, 1.807) is 26.2 Å². The number of hydrogen-bond acceptors (Lipinski definition) is 8. The number of anilines is 2. The zero-order valence-corrected chi connectivity index (χ0v) is 22.4. The van der Waals surface area contributed by atoms with Crippen molar-refractivity contribution < 1.29 is 18.0 Å². The lowest BCUT2D eigenvalue weighted by Crippen LogP contribution is -2.43. The number of Topliss-reactive ketones (excluding diaryl/α,β-unsaturated/α-hetero) is 1. The maximum absolute atomic E-state index is 13.1. The Kier molecular flexibility index (Phi) is 7.59. The highest BCUT2D eigenvalue weighted by atomic mass is 32.1. The molecule has 0 amide bonds. The molecule has 0 radical (unpaired) electrons. The van der Waals surface area contributed by atoms with E-state index in [9.17, 15) is 23.2 Å². The zero-order chi connectivity index (χ0) is 27.7. The van der Waals surface area contributed by atoms with Crippen molar-refractivity contribution in [3.63, 3.8) is 0 Å². The SMILES string of the molecule is CNCc1cc(Nc2nccc(C(F)(F)F)n2)cc(-c2cnc(C3(C#N)CCC(C(C)=O)C(C)(C)C3)s2)c1. The van der Waals surface area contributed by atoms with E-state index in [0.29, 0.717) is 36.5 Å². The lowest BCUT2D eigenvalue weighted by Gasteiger charge is -2.44. The molecular formula is C27H29F3N6OS. The number of hydrogen-bond donors (Lipinski definition) is 2. The summed E-state index contributed by atoms with van der Waals surface area (Å²) in [6, 6.07) is 8.92. The Morgan fingerprint density at radius 1 is 1.26 bits per heavy atom. The number of thiazole rings is 1. The second-order valence-electron chi connectivity index (χ2n) is 10.4. The molecule has 2 unspecified atom stereocenters. The molecule has 0 spiro atoms. The summed E-state index contributed by atoms with van der Waals surface area (Å²) in [6.07, 6.45) is -0.0570. The fourth-order valence-electron chi connectivity index (χ4n) is 5.40. The van der Waals surface area contributed by atoms with Gasteiger partial charge >= 0.3 is 6.18 Å². The first-order valence-corrected chi connectivity index (χ1v) is 13.0. The molecule has 2 N–H and O–H groups in total. The van der Waals surface area contributed by atoms with Crippen LogP contribution in [0.4, 0.5) is 24.8 Å². The van der Waals surface area contributed by atoms with Crippen molar-refractivity contribution in [1.82, 2.24) is 20.3 Å². The quantitative estimate of drug-likeness (QED) is 0.363. The van der Waals surface area contributed by atoms with Crippen LogP contribution in [0.1, 0.15) is 56.3 Å². The van der Waals surface area contributed by atoms with Gasteiger partial charge in [0.2, 0.25) is 5.95 Å². The highest BCUT2D eigenvalue weighted by Gasteiger charge is 2.49. The number of nitriles is 1. The average molecular weight is 543 g/mol. The molecule has 2 atom stereocenters. The van der Waals surface area contributed by atoms with Gasteiger partial charge in [0.15, 0.2) is 0 Å². The van der Waals surface area contributed by atoms with Crippen LogP contribution < -0.4 is 10.6 Å². The molecule has 1 aromatic carbocycles. The van der Waals surface area contributed by atoms with E-state index in [0.717, 1.165) is 28.3 Å². The topological polar surface area (TPSA) is 104 Å². The first-order chi connectivity index (χ1) is 17.9. The summed E-state index contributed by atoms with van der Waals surface area (Å²) >= 11 is 1.43. The minimum atomic E-state index is -4.58. The number of benzene rings is 1. The molecule has 3 aromatic rings. The molecular weight excluding hydrogens is 513 g/mol. The lowest BCUT2D eigenvalue weighted by atomic mass is 9.58. The second kappa shape index (κ2) is 10.4. The van der Waals surface area contributed by atoms with Crippen LogP contribution in [0.15, 0.2) is 36.7 Å². The Labute approximate surface area is 223 Å². The normalized spacial score (nSPS) is 21.1. The average Bonchev–Trinajstić information content (AvgIpc) is 3.34. The van der Waals surface area contributed by atoms with Crippen LogP contribution in [0.2, 0.25) is 0 Å². The van der Waals surface area contributed by atoms with Gasteiger partial charge < -0.3 is 10.6 Å². The number of nitrogens with zero attached hydrogens (tertiary/aromatic N) is 4. The predicted octanol–water partition coefficient (Wildman–Crippen LogP) is 6.26. The summed E-state index contributed by atoms with van der Waals surface area (Å²) in [5.41, 5.74) is 0.0835. The van der Waals surface area contributed by atoms with E-state index in [1.807, 2.05) is 26.0 Å². The number of ketones is 1. The van der Waals surface area contributed by atoms with Gasteiger partial charge in [0, 0.05) is 30.5 Å². The Morgan fingerprint density at radius 2 is 2.03 bits per heavy atom. The molecule has 2 heterocycles. The Morgan fingerprint density at radius 3 is 2.66 bits per heavy atom. The number of halogens is 3. The minimum absolute atomic E-state index is 0.0895. The smallest absolute Gasteiger partial charge is 0.324 e. The highest BCUT2D eigenvalue weighted by Crippen LogP contribution is 2.52. The van der Waals surface area contributed by atoms with Gasteiger partial charge in [-0.25, -0.2) is 15.0 Å². The van der Waals surface area contributed by atoms with E-state index in [4.69, 9.17) is 0 Å². The summed E-state index contributed by atoms with van der Waals surface area (Å²) in [6.45, 7) is 6.21. The number of alkyl halides is 3. The van der Waals surface area contributed by atoms with Gasteiger partial charge in [-0.2, -0.15) is 18.4 Å². The lowest BCUT2D eigenvalue weighted by molar-refractivity contribution is -0.141. The van der Waals surface area contributed by atoms with Crippen LogP contribution in [-0.2, 0) is 22.9 Å². The van der Waals surface area contributed by atoms with Crippen LogP contribution >= 0.6 is 11.3 Å². The molecule has 0 aliphatic heterocycles. The van der Waals surface area contributed by atoms with Gasteiger partial charge in [0.05, 0.1) is 10.9 Å². The second-order valence-corrected chi connectivity index (χ2v) is 11.5. The number of carbonyl (C=O) groups excluding carboxylic acids is 1. The summed E-state index contributed by atoms with van der Waals surface area (Å²) in [5.74, 6) is -0.105.